The summed E-state index contributed by atoms with van der Waals surface area (Å²) in [6.45, 7) is 3.25. The fourth-order valence-corrected chi connectivity index (χ4v) is 2.06. The second-order valence-electron chi connectivity index (χ2n) is 4.72. The molecule has 9 heteroatoms. The van der Waals surface area contributed by atoms with Gasteiger partial charge in [0.15, 0.2) is 18.5 Å². The molecule has 0 bridgehead atoms. The molecule has 0 aromatic heterocycles. The highest BCUT2D eigenvalue weighted by Gasteiger charge is 2.49. The van der Waals surface area contributed by atoms with Gasteiger partial charge in [-0.05, 0) is 0 Å². The first-order chi connectivity index (χ1) is 10.3. The van der Waals surface area contributed by atoms with Crippen molar-refractivity contribution in [3.63, 3.8) is 0 Å². The number of hydrogen-bond acceptors (Lipinski definition) is 9. The fourth-order valence-electron chi connectivity index (χ4n) is 2.06. The number of carbonyl (C=O) groups is 3. The summed E-state index contributed by atoms with van der Waals surface area (Å²) in [6, 6.07) is 0. The van der Waals surface area contributed by atoms with Crippen molar-refractivity contribution in [1.82, 2.24) is 0 Å². The standard InChI is InChI=1S/C13H20O9/c1-6(14)19-5-9-10(17)11(20-7(2)15)12(21-8(3)16)13(18-4)22-9/h9-13,17H,5H2,1-4H3/t9-,10-,11+,12+,13+/m1/s1. The van der Waals surface area contributed by atoms with Gasteiger partial charge in [-0.15, -0.1) is 0 Å². The Morgan fingerprint density at radius 1 is 1.00 bits per heavy atom. The lowest BCUT2D eigenvalue weighted by Gasteiger charge is -2.42. The van der Waals surface area contributed by atoms with Crippen LogP contribution in [0.1, 0.15) is 20.8 Å². The second kappa shape index (κ2) is 8.06. The van der Waals surface area contributed by atoms with Gasteiger partial charge in [-0.2, -0.15) is 0 Å². The zero-order chi connectivity index (χ0) is 16.9. The van der Waals surface area contributed by atoms with E-state index >= 15 is 0 Å². The van der Waals surface area contributed by atoms with E-state index < -0.39 is 48.6 Å². The van der Waals surface area contributed by atoms with Crippen LogP contribution in [0.2, 0.25) is 0 Å². The number of esters is 3. The molecule has 9 nitrogen and oxygen atoms in total. The molecule has 0 spiro atoms. The lowest BCUT2D eigenvalue weighted by Crippen LogP contribution is -2.61. The van der Waals surface area contributed by atoms with Crippen LogP contribution in [-0.4, -0.2) is 67.4 Å². The maximum Gasteiger partial charge on any atom is 0.303 e. The highest BCUT2D eigenvalue weighted by Crippen LogP contribution is 2.27. The number of rotatable bonds is 5. The molecule has 0 radical (unpaired) electrons. The lowest BCUT2D eigenvalue weighted by atomic mass is 9.98. The van der Waals surface area contributed by atoms with Crippen LogP contribution in [0, 0.1) is 0 Å². The van der Waals surface area contributed by atoms with Crippen LogP contribution in [-0.2, 0) is 38.1 Å². The molecule has 0 aromatic carbocycles. The van der Waals surface area contributed by atoms with Gasteiger partial charge in [0.2, 0.25) is 0 Å². The summed E-state index contributed by atoms with van der Waals surface area (Å²) >= 11 is 0. The minimum atomic E-state index is -1.36. The molecule has 1 saturated heterocycles. The van der Waals surface area contributed by atoms with Crippen LogP contribution in [0.4, 0.5) is 0 Å². The van der Waals surface area contributed by atoms with Gasteiger partial charge in [-0.25, -0.2) is 0 Å². The fraction of sp³-hybridized carbons (Fsp3) is 0.769. The van der Waals surface area contributed by atoms with E-state index in [2.05, 4.69) is 0 Å². The predicted octanol–water partition coefficient (Wildman–Crippen LogP) is -0.855. The summed E-state index contributed by atoms with van der Waals surface area (Å²) in [5.41, 5.74) is 0. The molecule has 0 saturated carbocycles. The maximum atomic E-state index is 11.2. The summed E-state index contributed by atoms with van der Waals surface area (Å²) < 4.78 is 25.3. The minimum absolute atomic E-state index is 0.263. The van der Waals surface area contributed by atoms with E-state index in [1.165, 1.54) is 14.0 Å². The number of methoxy groups -OCH3 is 1. The zero-order valence-electron chi connectivity index (χ0n) is 12.8. The normalized spacial score (nSPS) is 31.2. The number of aliphatic hydroxyl groups is 1. The van der Waals surface area contributed by atoms with Crippen LogP contribution < -0.4 is 0 Å². The summed E-state index contributed by atoms with van der Waals surface area (Å²) in [7, 11) is 1.30. The van der Waals surface area contributed by atoms with Crippen molar-refractivity contribution in [2.75, 3.05) is 13.7 Å². The van der Waals surface area contributed by atoms with Crippen LogP contribution >= 0.6 is 0 Å². The first kappa shape index (κ1) is 18.3. The molecule has 1 aliphatic heterocycles. The SMILES string of the molecule is CO[C@H]1O[C@H](COC(C)=O)[C@@H](O)[C@H](OC(C)=O)[C@@H]1OC(C)=O. The quantitative estimate of drug-likeness (QED) is 0.510. The molecule has 1 rings (SSSR count). The first-order valence-electron chi connectivity index (χ1n) is 6.60. The van der Waals surface area contributed by atoms with Gasteiger partial charge in [-0.1, -0.05) is 0 Å². The van der Waals surface area contributed by atoms with E-state index in [1.54, 1.807) is 0 Å². The largest absolute Gasteiger partial charge is 0.463 e. The Labute approximate surface area is 127 Å². The maximum absolute atomic E-state index is 11.2. The zero-order valence-corrected chi connectivity index (χ0v) is 12.8. The Morgan fingerprint density at radius 2 is 1.55 bits per heavy atom. The molecule has 5 atom stereocenters. The van der Waals surface area contributed by atoms with Gasteiger partial charge >= 0.3 is 17.9 Å². The molecule has 1 heterocycles. The smallest absolute Gasteiger partial charge is 0.303 e. The van der Waals surface area contributed by atoms with Crippen molar-refractivity contribution in [3.8, 4) is 0 Å². The molecule has 126 valence electrons. The number of carbonyl (C=O) groups excluding carboxylic acids is 3. The monoisotopic (exact) mass is 320 g/mol. The van der Waals surface area contributed by atoms with Gasteiger partial charge in [0.05, 0.1) is 0 Å². The number of aliphatic hydroxyl groups excluding tert-OH is 1. The molecule has 1 N–H and O–H groups in total. The van der Waals surface area contributed by atoms with Gasteiger partial charge < -0.3 is 28.8 Å². The molecule has 1 fully saturated rings. The van der Waals surface area contributed by atoms with E-state index in [9.17, 15) is 19.5 Å². The Bertz CT molecular complexity index is 422. The Kier molecular flexibility index (Phi) is 6.72. The average molecular weight is 320 g/mol. The third-order valence-corrected chi connectivity index (χ3v) is 2.91. The molecule has 0 unspecified atom stereocenters. The van der Waals surface area contributed by atoms with Crippen LogP contribution in [0.25, 0.3) is 0 Å². The first-order valence-corrected chi connectivity index (χ1v) is 6.60. The highest BCUT2D eigenvalue weighted by molar-refractivity contribution is 5.67. The van der Waals surface area contributed by atoms with Crippen molar-refractivity contribution < 1.29 is 43.2 Å². The molecule has 0 amide bonds. The van der Waals surface area contributed by atoms with E-state index in [1.807, 2.05) is 0 Å². The molecule has 0 aliphatic carbocycles. The van der Waals surface area contributed by atoms with Crippen LogP contribution in [0.3, 0.4) is 0 Å². The highest BCUT2D eigenvalue weighted by atomic mass is 16.7. The second-order valence-corrected chi connectivity index (χ2v) is 4.72. The van der Waals surface area contributed by atoms with Crippen molar-refractivity contribution >= 4 is 17.9 Å². The van der Waals surface area contributed by atoms with Crippen LogP contribution in [0.5, 0.6) is 0 Å². The number of hydrogen-bond donors (Lipinski definition) is 1. The molecular formula is C13H20O9. The Morgan fingerprint density at radius 3 is 2.00 bits per heavy atom. The van der Waals surface area contributed by atoms with E-state index in [4.69, 9.17) is 23.7 Å². The van der Waals surface area contributed by atoms with Crippen LogP contribution in [0.15, 0.2) is 0 Å². The minimum Gasteiger partial charge on any atom is -0.463 e. The topological polar surface area (TPSA) is 118 Å². The molecular weight excluding hydrogens is 300 g/mol. The van der Waals surface area contributed by atoms with Gasteiger partial charge in [0.25, 0.3) is 0 Å². The number of ether oxygens (including phenoxy) is 5. The summed E-state index contributed by atoms with van der Waals surface area (Å²) in [5, 5.41) is 10.2. The van der Waals surface area contributed by atoms with Crippen molar-refractivity contribution in [1.29, 1.82) is 0 Å². The van der Waals surface area contributed by atoms with Gasteiger partial charge in [-0.3, -0.25) is 14.4 Å². The molecule has 0 aromatic rings. The average Bonchev–Trinajstić information content (AvgIpc) is 2.41. The van der Waals surface area contributed by atoms with E-state index in [0.29, 0.717) is 0 Å². The van der Waals surface area contributed by atoms with E-state index in [-0.39, 0.29) is 6.61 Å². The third-order valence-electron chi connectivity index (χ3n) is 2.91. The van der Waals surface area contributed by atoms with E-state index in [0.717, 1.165) is 13.8 Å². The third kappa shape index (κ3) is 4.93. The Balaban J connectivity index is 2.95. The van der Waals surface area contributed by atoms with Crippen molar-refractivity contribution in [3.05, 3.63) is 0 Å². The molecule has 1 aliphatic rings. The molecule has 22 heavy (non-hydrogen) atoms. The van der Waals surface area contributed by atoms with Crippen molar-refractivity contribution in [2.24, 2.45) is 0 Å². The summed E-state index contributed by atoms with van der Waals surface area (Å²) in [5.74, 6) is -1.89. The van der Waals surface area contributed by atoms with Gasteiger partial charge in [0, 0.05) is 27.9 Å². The van der Waals surface area contributed by atoms with Gasteiger partial charge in [0.1, 0.15) is 18.8 Å². The van der Waals surface area contributed by atoms with Crippen molar-refractivity contribution in [2.45, 2.75) is 51.5 Å². The summed E-state index contributed by atoms with van der Waals surface area (Å²) in [6.07, 6.45) is -5.79. The summed E-state index contributed by atoms with van der Waals surface area (Å²) in [4.78, 5) is 33.3. The predicted molar refractivity (Wildman–Crippen MR) is 69.4 cm³/mol. The lowest BCUT2D eigenvalue weighted by molar-refractivity contribution is -0.300. The Hall–Kier alpha value is -1.71.